The summed E-state index contributed by atoms with van der Waals surface area (Å²) in [4.78, 5) is 0. The predicted octanol–water partition coefficient (Wildman–Crippen LogP) is 4.20. The first kappa shape index (κ1) is 16.1. The van der Waals surface area contributed by atoms with Crippen LogP contribution < -0.4 is 10.1 Å². The SMILES string of the molecule is CCOc1cc2ccccc2cc1CC1CCNCC1.Cl. The molecule has 0 unspecified atom stereocenters. The Bertz CT molecular complexity index is 578. The largest absolute Gasteiger partial charge is 0.494 e. The standard InChI is InChI=1S/C18H23NO.ClH/c1-2-20-18-13-16-6-4-3-5-15(16)12-17(18)11-14-7-9-19-10-8-14;/h3-6,12-14,19H,2,7-11H2,1H3;1H. The Labute approximate surface area is 133 Å². The monoisotopic (exact) mass is 305 g/mol. The summed E-state index contributed by atoms with van der Waals surface area (Å²) in [6, 6.07) is 13.1. The Kier molecular flexibility index (Phi) is 5.89. The van der Waals surface area contributed by atoms with Crippen LogP contribution in [-0.4, -0.2) is 19.7 Å². The van der Waals surface area contributed by atoms with Crippen LogP contribution in [0.5, 0.6) is 5.75 Å². The van der Waals surface area contributed by atoms with Crippen molar-refractivity contribution >= 4 is 23.2 Å². The molecule has 21 heavy (non-hydrogen) atoms. The van der Waals surface area contributed by atoms with Crippen molar-refractivity contribution in [3.05, 3.63) is 42.0 Å². The van der Waals surface area contributed by atoms with Crippen LogP contribution in [0.1, 0.15) is 25.3 Å². The van der Waals surface area contributed by atoms with Crippen molar-refractivity contribution in [2.24, 2.45) is 5.92 Å². The first-order valence-corrected chi connectivity index (χ1v) is 7.72. The summed E-state index contributed by atoms with van der Waals surface area (Å²) in [5.74, 6) is 1.86. The van der Waals surface area contributed by atoms with Gasteiger partial charge < -0.3 is 10.1 Å². The van der Waals surface area contributed by atoms with Gasteiger partial charge in [0.05, 0.1) is 6.61 Å². The van der Waals surface area contributed by atoms with E-state index in [0.29, 0.717) is 0 Å². The fraction of sp³-hybridized carbons (Fsp3) is 0.444. The minimum Gasteiger partial charge on any atom is -0.494 e. The maximum atomic E-state index is 5.87. The number of hydrogen-bond donors (Lipinski definition) is 1. The summed E-state index contributed by atoms with van der Waals surface area (Å²) in [6.45, 7) is 5.10. The molecule has 1 heterocycles. The van der Waals surface area contributed by atoms with Crippen molar-refractivity contribution in [2.45, 2.75) is 26.2 Å². The summed E-state index contributed by atoms with van der Waals surface area (Å²) in [5.41, 5.74) is 1.37. The molecule has 0 atom stereocenters. The van der Waals surface area contributed by atoms with E-state index in [0.717, 1.165) is 37.8 Å². The van der Waals surface area contributed by atoms with Gasteiger partial charge in [0.25, 0.3) is 0 Å². The minimum absolute atomic E-state index is 0. The molecule has 2 aromatic rings. The van der Waals surface area contributed by atoms with Gasteiger partial charge in [0.15, 0.2) is 0 Å². The molecule has 0 saturated carbocycles. The van der Waals surface area contributed by atoms with Crippen molar-refractivity contribution in [3.63, 3.8) is 0 Å². The number of rotatable bonds is 4. The van der Waals surface area contributed by atoms with Gasteiger partial charge in [-0.25, -0.2) is 0 Å². The Morgan fingerprint density at radius 1 is 1.10 bits per heavy atom. The lowest BCUT2D eigenvalue weighted by atomic mass is 9.89. The van der Waals surface area contributed by atoms with E-state index in [2.05, 4.69) is 48.6 Å². The number of piperidine rings is 1. The number of halogens is 1. The van der Waals surface area contributed by atoms with Gasteiger partial charge in [0.2, 0.25) is 0 Å². The zero-order valence-electron chi connectivity index (χ0n) is 12.6. The molecule has 1 saturated heterocycles. The van der Waals surface area contributed by atoms with Crippen LogP contribution >= 0.6 is 12.4 Å². The zero-order valence-corrected chi connectivity index (χ0v) is 13.4. The first-order chi connectivity index (χ1) is 9.86. The highest BCUT2D eigenvalue weighted by molar-refractivity contribution is 5.85. The second kappa shape index (κ2) is 7.67. The maximum Gasteiger partial charge on any atom is 0.123 e. The molecule has 0 amide bonds. The first-order valence-electron chi connectivity index (χ1n) is 7.72. The third-order valence-corrected chi connectivity index (χ3v) is 4.20. The smallest absolute Gasteiger partial charge is 0.123 e. The lowest BCUT2D eigenvalue weighted by Gasteiger charge is -2.23. The topological polar surface area (TPSA) is 21.3 Å². The van der Waals surface area contributed by atoms with Crippen LogP contribution in [0, 0.1) is 5.92 Å². The van der Waals surface area contributed by atoms with Gasteiger partial charge >= 0.3 is 0 Å². The zero-order chi connectivity index (χ0) is 13.8. The molecule has 0 spiro atoms. The minimum atomic E-state index is 0. The Balaban J connectivity index is 0.00000161. The van der Waals surface area contributed by atoms with E-state index in [9.17, 15) is 0 Å². The lowest BCUT2D eigenvalue weighted by molar-refractivity contribution is 0.327. The third kappa shape index (κ3) is 3.90. The average Bonchev–Trinajstić information content (AvgIpc) is 2.49. The van der Waals surface area contributed by atoms with E-state index >= 15 is 0 Å². The van der Waals surface area contributed by atoms with Crippen LogP contribution in [0.4, 0.5) is 0 Å². The highest BCUT2D eigenvalue weighted by Gasteiger charge is 2.16. The number of nitrogens with one attached hydrogen (secondary N) is 1. The molecule has 1 aliphatic heterocycles. The molecule has 114 valence electrons. The molecule has 0 aliphatic carbocycles. The second-order valence-corrected chi connectivity index (χ2v) is 5.64. The summed E-state index contributed by atoms with van der Waals surface area (Å²) >= 11 is 0. The van der Waals surface area contributed by atoms with E-state index in [4.69, 9.17) is 4.74 Å². The van der Waals surface area contributed by atoms with Crippen LogP contribution in [-0.2, 0) is 6.42 Å². The van der Waals surface area contributed by atoms with E-state index in [-0.39, 0.29) is 12.4 Å². The molecule has 1 fully saturated rings. The van der Waals surface area contributed by atoms with E-state index < -0.39 is 0 Å². The molecule has 1 aliphatic rings. The van der Waals surface area contributed by atoms with Crippen LogP contribution in [0.3, 0.4) is 0 Å². The van der Waals surface area contributed by atoms with E-state index in [1.165, 1.54) is 29.2 Å². The van der Waals surface area contributed by atoms with E-state index in [1.807, 2.05) is 0 Å². The molecule has 1 N–H and O–H groups in total. The van der Waals surface area contributed by atoms with Gasteiger partial charge in [-0.3, -0.25) is 0 Å². The molecular weight excluding hydrogens is 282 g/mol. The fourth-order valence-electron chi connectivity index (χ4n) is 3.11. The van der Waals surface area contributed by atoms with E-state index in [1.54, 1.807) is 0 Å². The summed E-state index contributed by atoms with van der Waals surface area (Å²) in [5, 5.41) is 6.03. The lowest BCUT2D eigenvalue weighted by Crippen LogP contribution is -2.28. The highest BCUT2D eigenvalue weighted by atomic mass is 35.5. The molecular formula is C18H24ClNO. The summed E-state index contributed by atoms with van der Waals surface area (Å²) in [6.07, 6.45) is 3.69. The molecule has 0 bridgehead atoms. The Hall–Kier alpha value is -1.25. The average molecular weight is 306 g/mol. The van der Waals surface area contributed by atoms with Crippen molar-refractivity contribution in [3.8, 4) is 5.75 Å². The van der Waals surface area contributed by atoms with Crippen LogP contribution in [0.25, 0.3) is 10.8 Å². The maximum absolute atomic E-state index is 5.87. The summed E-state index contributed by atoms with van der Waals surface area (Å²) in [7, 11) is 0. The fourth-order valence-corrected chi connectivity index (χ4v) is 3.11. The molecule has 0 aromatic heterocycles. The Morgan fingerprint density at radius 3 is 2.43 bits per heavy atom. The third-order valence-electron chi connectivity index (χ3n) is 4.20. The normalized spacial score (nSPS) is 15.7. The van der Waals surface area contributed by atoms with Crippen LogP contribution in [0.15, 0.2) is 36.4 Å². The van der Waals surface area contributed by atoms with Crippen molar-refractivity contribution < 1.29 is 4.74 Å². The highest BCUT2D eigenvalue weighted by Crippen LogP contribution is 2.30. The quantitative estimate of drug-likeness (QED) is 0.914. The van der Waals surface area contributed by atoms with Crippen molar-refractivity contribution in [1.29, 1.82) is 0 Å². The summed E-state index contributed by atoms with van der Waals surface area (Å²) < 4.78 is 5.87. The number of hydrogen-bond acceptors (Lipinski definition) is 2. The molecule has 0 radical (unpaired) electrons. The number of benzene rings is 2. The van der Waals surface area contributed by atoms with Crippen molar-refractivity contribution in [2.75, 3.05) is 19.7 Å². The van der Waals surface area contributed by atoms with Gasteiger partial charge in [-0.1, -0.05) is 24.3 Å². The molecule has 2 aromatic carbocycles. The van der Waals surface area contributed by atoms with Gasteiger partial charge in [-0.15, -0.1) is 12.4 Å². The van der Waals surface area contributed by atoms with Gasteiger partial charge in [-0.2, -0.15) is 0 Å². The van der Waals surface area contributed by atoms with Gasteiger partial charge in [0.1, 0.15) is 5.75 Å². The molecule has 3 rings (SSSR count). The number of fused-ring (bicyclic) bond motifs is 1. The molecule has 3 heteroatoms. The Morgan fingerprint density at radius 2 is 1.76 bits per heavy atom. The van der Waals surface area contributed by atoms with Gasteiger partial charge in [0, 0.05) is 0 Å². The second-order valence-electron chi connectivity index (χ2n) is 5.64. The number of ether oxygens (including phenoxy) is 1. The van der Waals surface area contributed by atoms with Crippen molar-refractivity contribution in [1.82, 2.24) is 5.32 Å². The van der Waals surface area contributed by atoms with Crippen LogP contribution in [0.2, 0.25) is 0 Å². The molecule has 2 nitrogen and oxygen atoms in total. The van der Waals surface area contributed by atoms with Gasteiger partial charge in [-0.05, 0) is 73.7 Å². The predicted molar refractivity (Wildman–Crippen MR) is 91.7 cm³/mol.